The minimum absolute atomic E-state index is 0.168. The molecule has 8 heteroatoms. The molecule has 2 heterocycles. The van der Waals surface area contributed by atoms with Crippen LogP contribution in [0, 0.1) is 0 Å². The molecule has 0 aliphatic carbocycles. The Morgan fingerprint density at radius 2 is 2.33 bits per heavy atom. The third kappa shape index (κ3) is 3.11. The van der Waals surface area contributed by atoms with Crippen LogP contribution < -0.4 is 16.2 Å². The Morgan fingerprint density at radius 1 is 1.62 bits per heavy atom. The van der Waals surface area contributed by atoms with Crippen LogP contribution in [0.3, 0.4) is 0 Å². The van der Waals surface area contributed by atoms with Gasteiger partial charge in [0.2, 0.25) is 0 Å². The number of aliphatic carboxylic acids is 1. The summed E-state index contributed by atoms with van der Waals surface area (Å²) in [6.07, 6.45) is 3.80. The quantitative estimate of drug-likeness (QED) is 0.806. The molecule has 1 unspecified atom stereocenters. The number of rotatable bonds is 5. The molecule has 0 amide bonds. The molecule has 1 aromatic heterocycles. The molecule has 1 aliphatic heterocycles. The van der Waals surface area contributed by atoms with Gasteiger partial charge in [-0.15, -0.1) is 0 Å². The van der Waals surface area contributed by atoms with Crippen LogP contribution in [0.2, 0.25) is 0 Å². The third-order valence-electron chi connectivity index (χ3n) is 3.76. The van der Waals surface area contributed by atoms with Crippen molar-refractivity contribution in [1.29, 1.82) is 0 Å². The van der Waals surface area contributed by atoms with Crippen molar-refractivity contribution < 1.29 is 9.90 Å². The molecule has 21 heavy (non-hydrogen) atoms. The number of halogens is 1. The molecule has 0 aromatic carbocycles. The number of nitrogens with two attached hydrogens (primary N) is 1. The summed E-state index contributed by atoms with van der Waals surface area (Å²) < 4.78 is 1.82. The first-order valence-corrected chi connectivity index (χ1v) is 7.71. The van der Waals surface area contributed by atoms with E-state index in [4.69, 9.17) is 10.8 Å². The van der Waals surface area contributed by atoms with Gasteiger partial charge >= 0.3 is 5.97 Å². The molecule has 0 saturated carbocycles. The number of aryl methyl sites for hydroxylation is 1. The number of carbonyl (C=O) groups is 1. The average Bonchev–Trinajstić information content (AvgIpc) is 2.84. The van der Waals surface area contributed by atoms with Crippen molar-refractivity contribution in [1.82, 2.24) is 9.78 Å². The number of hydrogen-bond acceptors (Lipinski definition) is 5. The van der Waals surface area contributed by atoms with E-state index in [1.165, 1.54) is 4.68 Å². The van der Waals surface area contributed by atoms with Gasteiger partial charge < -0.3 is 15.7 Å². The molecule has 1 saturated heterocycles. The van der Waals surface area contributed by atoms with E-state index in [0.29, 0.717) is 29.7 Å². The Morgan fingerprint density at radius 3 is 2.90 bits per heavy atom. The molecule has 3 N–H and O–H groups in total. The minimum atomic E-state index is -1.27. The number of aromatic nitrogens is 2. The first-order valence-electron chi connectivity index (χ1n) is 6.92. The monoisotopic (exact) mass is 358 g/mol. The molecule has 0 radical (unpaired) electrons. The Balaban J connectivity index is 2.25. The van der Waals surface area contributed by atoms with Gasteiger partial charge in [-0.3, -0.25) is 9.59 Å². The Bertz CT molecular complexity index is 604. The summed E-state index contributed by atoms with van der Waals surface area (Å²) in [5, 5.41) is 13.3. The van der Waals surface area contributed by atoms with E-state index in [2.05, 4.69) is 21.0 Å². The van der Waals surface area contributed by atoms with Crippen LogP contribution in [0.4, 0.5) is 5.69 Å². The highest BCUT2D eigenvalue weighted by Crippen LogP contribution is 2.28. The lowest BCUT2D eigenvalue weighted by Crippen LogP contribution is -2.50. The van der Waals surface area contributed by atoms with Crippen molar-refractivity contribution in [3.05, 3.63) is 21.0 Å². The number of hydrogen-bond donors (Lipinski definition) is 2. The van der Waals surface area contributed by atoms with Gasteiger partial charge in [0.25, 0.3) is 5.56 Å². The summed E-state index contributed by atoms with van der Waals surface area (Å²) in [6.45, 7) is 3.28. The van der Waals surface area contributed by atoms with Crippen LogP contribution in [0.5, 0.6) is 0 Å². The second kappa shape index (κ2) is 6.15. The highest BCUT2D eigenvalue weighted by molar-refractivity contribution is 9.10. The van der Waals surface area contributed by atoms with Gasteiger partial charge in [-0.1, -0.05) is 13.3 Å². The molecule has 1 fully saturated rings. The van der Waals surface area contributed by atoms with Crippen LogP contribution >= 0.6 is 15.9 Å². The fourth-order valence-electron chi connectivity index (χ4n) is 2.36. The lowest BCUT2D eigenvalue weighted by molar-refractivity contribution is -0.142. The maximum Gasteiger partial charge on any atom is 0.325 e. The van der Waals surface area contributed by atoms with E-state index in [1.807, 2.05) is 6.92 Å². The molecular weight excluding hydrogens is 340 g/mol. The highest BCUT2D eigenvalue weighted by Gasteiger charge is 2.42. The molecule has 2 rings (SSSR count). The fraction of sp³-hybridized carbons (Fsp3) is 0.615. The number of unbranched alkanes of at least 4 members (excludes halogenated alkanes) is 1. The summed E-state index contributed by atoms with van der Waals surface area (Å²) in [4.78, 5) is 25.2. The maximum atomic E-state index is 12.2. The summed E-state index contributed by atoms with van der Waals surface area (Å²) >= 11 is 3.30. The van der Waals surface area contributed by atoms with Crippen molar-refractivity contribution in [2.45, 2.75) is 38.3 Å². The molecule has 7 nitrogen and oxygen atoms in total. The normalized spacial score (nSPS) is 21.8. The topological polar surface area (TPSA) is 101 Å². The zero-order valence-corrected chi connectivity index (χ0v) is 13.5. The van der Waals surface area contributed by atoms with Crippen molar-refractivity contribution in [2.24, 2.45) is 5.73 Å². The first-order chi connectivity index (χ1) is 9.89. The summed E-state index contributed by atoms with van der Waals surface area (Å²) in [5.74, 6) is -1.02. The van der Waals surface area contributed by atoms with Gasteiger partial charge in [-0.05, 0) is 28.8 Å². The van der Waals surface area contributed by atoms with Crippen molar-refractivity contribution in [3.8, 4) is 0 Å². The molecule has 1 atom stereocenters. The van der Waals surface area contributed by atoms with Crippen molar-refractivity contribution >= 4 is 27.6 Å². The summed E-state index contributed by atoms with van der Waals surface area (Å²) in [7, 11) is 0. The van der Waals surface area contributed by atoms with Gasteiger partial charge in [0.1, 0.15) is 10.0 Å². The van der Waals surface area contributed by atoms with Crippen LogP contribution in [0.1, 0.15) is 26.2 Å². The van der Waals surface area contributed by atoms with Gasteiger partial charge in [0.05, 0.1) is 11.9 Å². The maximum absolute atomic E-state index is 12.2. The Kier molecular flexibility index (Phi) is 4.67. The Labute approximate surface area is 130 Å². The van der Waals surface area contributed by atoms with E-state index in [9.17, 15) is 9.59 Å². The molecule has 0 spiro atoms. The van der Waals surface area contributed by atoms with Gasteiger partial charge in [-0.2, -0.15) is 5.10 Å². The van der Waals surface area contributed by atoms with E-state index >= 15 is 0 Å². The van der Waals surface area contributed by atoms with Crippen LogP contribution in [0.15, 0.2) is 15.5 Å². The predicted octanol–water partition coefficient (Wildman–Crippen LogP) is 0.798. The number of nitrogens with zero attached hydrogens (tertiary/aromatic N) is 3. The lowest BCUT2D eigenvalue weighted by atomic mass is 10.0. The van der Waals surface area contributed by atoms with Crippen LogP contribution in [-0.4, -0.2) is 39.5 Å². The summed E-state index contributed by atoms with van der Waals surface area (Å²) in [6, 6.07) is 0. The van der Waals surface area contributed by atoms with Gasteiger partial charge in [0, 0.05) is 19.6 Å². The zero-order valence-electron chi connectivity index (χ0n) is 11.9. The third-order valence-corrected chi connectivity index (χ3v) is 4.50. The van der Waals surface area contributed by atoms with E-state index in [0.717, 1.165) is 12.8 Å². The van der Waals surface area contributed by atoms with Gasteiger partial charge in [-0.25, -0.2) is 4.68 Å². The van der Waals surface area contributed by atoms with Crippen LogP contribution in [0.25, 0.3) is 0 Å². The van der Waals surface area contributed by atoms with E-state index in [1.54, 1.807) is 11.1 Å². The number of carboxylic acids is 1. The Hall–Kier alpha value is -1.41. The smallest absolute Gasteiger partial charge is 0.325 e. The SMILES string of the molecule is CCCCn1ncc(N2CCC(N)(C(=O)O)C2)c(Br)c1=O. The molecule has 1 aromatic rings. The second-order valence-electron chi connectivity index (χ2n) is 5.36. The van der Waals surface area contributed by atoms with E-state index in [-0.39, 0.29) is 12.1 Å². The molecular formula is C13H19BrN4O3. The summed E-state index contributed by atoms with van der Waals surface area (Å²) in [5.41, 5.74) is 4.98. The molecule has 1 aliphatic rings. The number of anilines is 1. The number of carboxylic acid groups (broad SMARTS) is 1. The minimum Gasteiger partial charge on any atom is -0.480 e. The molecule has 0 bridgehead atoms. The standard InChI is InChI=1S/C13H19BrN4O3/c1-2-3-5-18-11(19)10(14)9(7-16-18)17-6-4-13(15,8-17)12(20)21/h7H,2-6,8,15H2,1H3,(H,20,21). The van der Waals surface area contributed by atoms with Crippen molar-refractivity contribution in [2.75, 3.05) is 18.0 Å². The van der Waals surface area contributed by atoms with Crippen LogP contribution in [-0.2, 0) is 11.3 Å². The fourth-order valence-corrected chi connectivity index (χ4v) is 2.92. The average molecular weight is 359 g/mol. The largest absolute Gasteiger partial charge is 0.480 e. The zero-order chi connectivity index (χ0) is 15.6. The molecule has 116 valence electrons. The predicted molar refractivity (Wildman–Crippen MR) is 82.5 cm³/mol. The highest BCUT2D eigenvalue weighted by atomic mass is 79.9. The first kappa shape index (κ1) is 16.0. The van der Waals surface area contributed by atoms with Gasteiger partial charge in [0.15, 0.2) is 0 Å². The van der Waals surface area contributed by atoms with E-state index < -0.39 is 11.5 Å². The lowest BCUT2D eigenvalue weighted by Gasteiger charge is -2.22. The second-order valence-corrected chi connectivity index (χ2v) is 6.15. The van der Waals surface area contributed by atoms with Crippen molar-refractivity contribution in [3.63, 3.8) is 0 Å².